The number of hydrogen-bond acceptors (Lipinski definition) is 7. The fourth-order valence-corrected chi connectivity index (χ4v) is 5.14. The number of amides is 2. The van der Waals surface area contributed by atoms with Gasteiger partial charge in [-0.05, 0) is 61.5 Å². The van der Waals surface area contributed by atoms with Crippen molar-refractivity contribution in [3.05, 3.63) is 94.5 Å². The third-order valence-corrected chi connectivity index (χ3v) is 7.55. The molecule has 41 heavy (non-hydrogen) atoms. The van der Waals surface area contributed by atoms with Gasteiger partial charge in [-0.2, -0.15) is 0 Å². The number of likely N-dealkylation sites (N-methyl/N-ethyl adjacent to an activating group) is 1. The van der Waals surface area contributed by atoms with Crippen LogP contribution in [-0.4, -0.2) is 81.0 Å². The fourth-order valence-electron chi connectivity index (χ4n) is 5.14. The van der Waals surface area contributed by atoms with Gasteiger partial charge in [0.25, 0.3) is 11.8 Å². The number of carbonyl (C=O) groups is 3. The van der Waals surface area contributed by atoms with E-state index in [4.69, 9.17) is 4.74 Å². The quantitative estimate of drug-likeness (QED) is 0.289. The number of hydrogen-bond donors (Lipinski definition) is 3. The Morgan fingerprint density at radius 2 is 1.66 bits per heavy atom. The molecule has 1 saturated heterocycles. The number of anilines is 2. The molecule has 2 aliphatic heterocycles. The van der Waals surface area contributed by atoms with E-state index < -0.39 is 5.97 Å². The molecule has 0 unspecified atom stereocenters. The molecule has 2 heterocycles. The summed E-state index contributed by atoms with van der Waals surface area (Å²) in [5.74, 6) is -0.848. The second-order valence-electron chi connectivity index (χ2n) is 10.4. The van der Waals surface area contributed by atoms with Crippen molar-refractivity contribution in [1.29, 1.82) is 0 Å². The summed E-state index contributed by atoms with van der Waals surface area (Å²) in [6, 6.07) is 20.3. The van der Waals surface area contributed by atoms with Crippen LogP contribution in [0.25, 0.3) is 11.3 Å². The molecule has 0 spiro atoms. The molecule has 2 aliphatic rings. The second-order valence-corrected chi connectivity index (χ2v) is 10.4. The number of fused-ring (bicyclic) bond motifs is 1. The minimum absolute atomic E-state index is 0.117. The first-order valence-corrected chi connectivity index (χ1v) is 13.7. The Hall–Kier alpha value is -4.47. The highest BCUT2D eigenvalue weighted by molar-refractivity contribution is 6.37. The lowest BCUT2D eigenvalue weighted by Crippen LogP contribution is -2.46. The van der Waals surface area contributed by atoms with Crippen LogP contribution in [0.3, 0.4) is 0 Å². The highest BCUT2D eigenvalue weighted by atomic mass is 16.5. The molecular formula is C32H35N5O4. The summed E-state index contributed by atoms with van der Waals surface area (Å²) in [6.07, 6.45) is 0. The van der Waals surface area contributed by atoms with Crippen molar-refractivity contribution in [2.75, 3.05) is 64.1 Å². The van der Waals surface area contributed by atoms with Crippen molar-refractivity contribution < 1.29 is 19.1 Å². The van der Waals surface area contributed by atoms with E-state index in [0.29, 0.717) is 45.8 Å². The number of nitrogens with zero attached hydrogens (tertiary/aromatic N) is 2. The molecule has 0 saturated carbocycles. The van der Waals surface area contributed by atoms with Crippen molar-refractivity contribution in [1.82, 2.24) is 15.1 Å². The third-order valence-electron chi connectivity index (χ3n) is 7.55. The number of aryl methyl sites for hydroxylation is 1. The molecule has 3 aromatic carbocycles. The number of carbonyl (C=O) groups excluding carboxylic acids is 3. The molecule has 3 aromatic rings. The molecule has 9 nitrogen and oxygen atoms in total. The molecule has 0 radical (unpaired) electrons. The Kier molecular flexibility index (Phi) is 8.47. The Labute approximate surface area is 240 Å². The van der Waals surface area contributed by atoms with Crippen molar-refractivity contribution in [3.8, 4) is 0 Å². The predicted molar refractivity (Wildman–Crippen MR) is 161 cm³/mol. The minimum atomic E-state index is -0.457. The number of benzene rings is 3. The number of piperazine rings is 1. The zero-order chi connectivity index (χ0) is 28.9. The van der Waals surface area contributed by atoms with Gasteiger partial charge in [-0.15, -0.1) is 0 Å². The number of nitrogens with one attached hydrogen (secondary N) is 3. The van der Waals surface area contributed by atoms with Crippen molar-refractivity contribution in [2.24, 2.45) is 0 Å². The lowest BCUT2D eigenvalue weighted by atomic mass is 9.96. The van der Waals surface area contributed by atoms with Gasteiger partial charge >= 0.3 is 5.97 Å². The molecule has 212 valence electrons. The zero-order valence-electron chi connectivity index (χ0n) is 23.6. The predicted octanol–water partition coefficient (Wildman–Crippen LogP) is 3.69. The first kappa shape index (κ1) is 28.1. The highest BCUT2D eigenvalue weighted by Crippen LogP contribution is 2.39. The van der Waals surface area contributed by atoms with Crippen LogP contribution in [0.15, 0.2) is 66.7 Å². The number of ether oxygens (including phenoxy) is 1. The molecule has 5 rings (SSSR count). The largest absolute Gasteiger partial charge is 0.465 e. The van der Waals surface area contributed by atoms with Crippen LogP contribution < -0.4 is 16.0 Å². The van der Waals surface area contributed by atoms with Gasteiger partial charge in [0.15, 0.2) is 0 Å². The zero-order valence-corrected chi connectivity index (χ0v) is 23.6. The molecule has 0 bridgehead atoms. The van der Waals surface area contributed by atoms with E-state index in [1.807, 2.05) is 55.5 Å². The highest BCUT2D eigenvalue weighted by Gasteiger charge is 2.30. The number of methoxy groups -OCH3 is 1. The molecule has 1 fully saturated rings. The van der Waals surface area contributed by atoms with Gasteiger partial charge in [0.05, 0.1) is 29.6 Å². The van der Waals surface area contributed by atoms with Crippen molar-refractivity contribution in [2.45, 2.75) is 6.92 Å². The van der Waals surface area contributed by atoms with E-state index in [-0.39, 0.29) is 11.8 Å². The van der Waals surface area contributed by atoms with Gasteiger partial charge in [0, 0.05) is 56.1 Å². The molecule has 0 aliphatic carbocycles. The van der Waals surface area contributed by atoms with E-state index in [1.165, 1.54) is 7.11 Å². The fraction of sp³-hybridized carbons (Fsp3) is 0.281. The van der Waals surface area contributed by atoms with Crippen LogP contribution in [0.4, 0.5) is 11.4 Å². The number of rotatable bonds is 8. The van der Waals surface area contributed by atoms with E-state index in [1.54, 1.807) is 18.2 Å². The maximum absolute atomic E-state index is 13.3. The molecule has 2 amide bonds. The van der Waals surface area contributed by atoms with E-state index in [2.05, 4.69) is 32.8 Å². The number of esters is 1. The Morgan fingerprint density at radius 1 is 0.951 bits per heavy atom. The maximum Gasteiger partial charge on any atom is 0.338 e. The normalized spacial score (nSPS) is 16.5. The lowest BCUT2D eigenvalue weighted by Gasteiger charge is -2.32. The van der Waals surface area contributed by atoms with E-state index in [9.17, 15) is 14.4 Å². The van der Waals surface area contributed by atoms with E-state index in [0.717, 1.165) is 44.0 Å². The van der Waals surface area contributed by atoms with Gasteiger partial charge < -0.3 is 25.6 Å². The average molecular weight is 554 g/mol. The minimum Gasteiger partial charge on any atom is -0.465 e. The summed E-state index contributed by atoms with van der Waals surface area (Å²) in [5.41, 5.74) is 5.57. The smallest absolute Gasteiger partial charge is 0.338 e. The Balaban J connectivity index is 1.36. The molecule has 9 heteroatoms. The summed E-state index contributed by atoms with van der Waals surface area (Å²) in [4.78, 5) is 42.9. The van der Waals surface area contributed by atoms with Crippen LogP contribution in [0.2, 0.25) is 0 Å². The van der Waals surface area contributed by atoms with Gasteiger partial charge in [-0.3, -0.25) is 14.5 Å². The summed E-state index contributed by atoms with van der Waals surface area (Å²) in [6.45, 7) is 7.37. The van der Waals surface area contributed by atoms with Crippen LogP contribution in [0.1, 0.15) is 37.4 Å². The summed E-state index contributed by atoms with van der Waals surface area (Å²) < 4.78 is 4.90. The van der Waals surface area contributed by atoms with Crippen LogP contribution in [-0.2, 0) is 9.53 Å². The van der Waals surface area contributed by atoms with Gasteiger partial charge in [-0.25, -0.2) is 4.79 Å². The van der Waals surface area contributed by atoms with Crippen LogP contribution >= 0.6 is 0 Å². The van der Waals surface area contributed by atoms with Gasteiger partial charge in [0.1, 0.15) is 0 Å². The molecular weight excluding hydrogens is 518 g/mol. The van der Waals surface area contributed by atoms with Crippen molar-refractivity contribution in [3.63, 3.8) is 0 Å². The SMILES string of the molecule is COC(=O)c1cc2c(cc1C)/C(=C(\Nc1ccc(C(=O)NCCN3CCN(C)CC3)cc1)c1ccccc1)C(=O)N2. The molecule has 3 N–H and O–H groups in total. The average Bonchev–Trinajstić information content (AvgIpc) is 3.30. The third kappa shape index (κ3) is 6.32. The monoisotopic (exact) mass is 553 g/mol. The Bertz CT molecular complexity index is 1480. The standard InChI is InChI=1S/C32H35N5O4/c1-21-19-26-27(20-25(21)32(40)41-3)35-31(39)28(26)29(22-7-5-4-6-8-22)34-24-11-9-23(10-12-24)30(38)33-13-14-37-17-15-36(2)16-18-37/h4-12,19-20,34H,13-18H2,1-3H3,(H,33,38)(H,35,39)/b29-28+. The molecule has 0 atom stereocenters. The van der Waals surface area contributed by atoms with Crippen LogP contribution in [0, 0.1) is 6.92 Å². The van der Waals surface area contributed by atoms with Gasteiger partial charge in [0.2, 0.25) is 0 Å². The Morgan fingerprint density at radius 3 is 2.34 bits per heavy atom. The summed E-state index contributed by atoms with van der Waals surface area (Å²) in [7, 11) is 3.46. The lowest BCUT2D eigenvalue weighted by molar-refractivity contribution is -0.110. The topological polar surface area (TPSA) is 103 Å². The maximum atomic E-state index is 13.3. The molecule has 0 aromatic heterocycles. The van der Waals surface area contributed by atoms with E-state index >= 15 is 0 Å². The second kappa shape index (κ2) is 12.4. The first-order chi connectivity index (χ1) is 19.8. The van der Waals surface area contributed by atoms with Gasteiger partial charge in [-0.1, -0.05) is 30.3 Å². The first-order valence-electron chi connectivity index (χ1n) is 13.7. The van der Waals surface area contributed by atoms with Crippen molar-refractivity contribution >= 4 is 40.4 Å². The summed E-state index contributed by atoms with van der Waals surface area (Å²) >= 11 is 0. The summed E-state index contributed by atoms with van der Waals surface area (Å²) in [5, 5.41) is 9.33. The van der Waals surface area contributed by atoms with Crippen LogP contribution in [0.5, 0.6) is 0 Å².